The Morgan fingerprint density at radius 3 is 2.18 bits per heavy atom. The van der Waals surface area contributed by atoms with Gasteiger partial charge >= 0.3 is 0 Å². The van der Waals surface area contributed by atoms with Crippen molar-refractivity contribution < 1.29 is 4.79 Å². The van der Waals surface area contributed by atoms with E-state index in [-0.39, 0.29) is 5.41 Å². The molecule has 0 aromatic carbocycles. The molecule has 0 aliphatic heterocycles. The SMILES string of the molecule is O=C1CCC12CCCC21CC1. The van der Waals surface area contributed by atoms with Crippen LogP contribution in [-0.4, -0.2) is 5.78 Å². The third-order valence-electron chi connectivity index (χ3n) is 4.44. The summed E-state index contributed by atoms with van der Waals surface area (Å²) in [5.74, 6) is 0.604. The standard InChI is InChI=1S/C10H14O/c11-8-2-5-10(8)4-1-3-9(10)6-7-9/h1-7H2. The number of ketones is 1. The molecule has 11 heavy (non-hydrogen) atoms. The number of carbonyl (C=O) groups is 1. The van der Waals surface area contributed by atoms with Crippen molar-refractivity contribution >= 4 is 5.78 Å². The summed E-state index contributed by atoms with van der Waals surface area (Å²) in [5, 5.41) is 0. The van der Waals surface area contributed by atoms with Crippen LogP contribution in [-0.2, 0) is 4.79 Å². The molecule has 1 heteroatoms. The zero-order valence-electron chi connectivity index (χ0n) is 6.86. The second kappa shape index (κ2) is 1.55. The molecule has 60 valence electrons. The zero-order valence-corrected chi connectivity index (χ0v) is 6.86. The first-order valence-corrected chi connectivity index (χ1v) is 4.83. The summed E-state index contributed by atoms with van der Waals surface area (Å²) in [6.45, 7) is 0. The molecule has 0 N–H and O–H groups in total. The lowest BCUT2D eigenvalue weighted by Crippen LogP contribution is -2.44. The van der Waals surface area contributed by atoms with E-state index < -0.39 is 0 Å². The van der Waals surface area contributed by atoms with Gasteiger partial charge in [0, 0.05) is 11.8 Å². The maximum Gasteiger partial charge on any atom is 0.139 e. The van der Waals surface area contributed by atoms with Gasteiger partial charge in [-0.25, -0.2) is 0 Å². The quantitative estimate of drug-likeness (QED) is 0.518. The summed E-state index contributed by atoms with van der Waals surface area (Å²) in [5.41, 5.74) is 0.801. The fraction of sp³-hybridized carbons (Fsp3) is 0.900. The highest BCUT2D eigenvalue weighted by Gasteiger charge is 2.67. The highest BCUT2D eigenvalue weighted by atomic mass is 16.1. The van der Waals surface area contributed by atoms with Gasteiger partial charge in [0.25, 0.3) is 0 Å². The van der Waals surface area contributed by atoms with E-state index in [1.807, 2.05) is 0 Å². The maximum atomic E-state index is 11.5. The Kier molecular flexibility index (Phi) is 0.875. The topological polar surface area (TPSA) is 17.1 Å². The van der Waals surface area contributed by atoms with Gasteiger partial charge in [-0.05, 0) is 37.5 Å². The summed E-state index contributed by atoms with van der Waals surface area (Å²) in [7, 11) is 0. The Balaban J connectivity index is 2.01. The van der Waals surface area contributed by atoms with E-state index in [2.05, 4.69) is 0 Å². The van der Waals surface area contributed by atoms with Crippen molar-refractivity contribution in [2.24, 2.45) is 10.8 Å². The second-order valence-corrected chi connectivity index (χ2v) is 4.64. The Bertz CT molecular complexity index is 227. The lowest BCUT2D eigenvalue weighted by molar-refractivity contribution is -0.142. The molecule has 3 rings (SSSR count). The highest BCUT2D eigenvalue weighted by Crippen LogP contribution is 2.72. The van der Waals surface area contributed by atoms with E-state index in [0.29, 0.717) is 11.2 Å². The van der Waals surface area contributed by atoms with Crippen LogP contribution in [0, 0.1) is 10.8 Å². The summed E-state index contributed by atoms with van der Waals surface area (Å²) in [6, 6.07) is 0. The van der Waals surface area contributed by atoms with Crippen molar-refractivity contribution in [2.75, 3.05) is 0 Å². The molecule has 3 aliphatic rings. The van der Waals surface area contributed by atoms with Crippen LogP contribution in [0.2, 0.25) is 0 Å². The average Bonchev–Trinajstić information content (AvgIpc) is 2.62. The van der Waals surface area contributed by atoms with Gasteiger partial charge in [0.1, 0.15) is 5.78 Å². The van der Waals surface area contributed by atoms with Gasteiger partial charge in [0.15, 0.2) is 0 Å². The van der Waals surface area contributed by atoms with E-state index in [1.165, 1.54) is 38.5 Å². The maximum absolute atomic E-state index is 11.5. The first-order valence-electron chi connectivity index (χ1n) is 4.83. The van der Waals surface area contributed by atoms with Gasteiger partial charge in [0.05, 0.1) is 0 Å². The van der Waals surface area contributed by atoms with Crippen LogP contribution in [0.25, 0.3) is 0 Å². The van der Waals surface area contributed by atoms with Gasteiger partial charge in [-0.3, -0.25) is 4.79 Å². The van der Waals surface area contributed by atoms with Crippen LogP contribution in [0.5, 0.6) is 0 Å². The number of Topliss-reactive ketones (excluding diaryl/α,β-unsaturated/α-hetero) is 1. The summed E-state index contributed by atoms with van der Waals surface area (Å²) in [6.07, 6.45) is 8.75. The normalized spacial score (nSPS) is 44.9. The molecule has 0 bridgehead atoms. The molecule has 3 fully saturated rings. The molecular weight excluding hydrogens is 136 g/mol. The molecule has 3 aliphatic carbocycles. The van der Waals surface area contributed by atoms with Crippen LogP contribution < -0.4 is 0 Å². The van der Waals surface area contributed by atoms with Crippen molar-refractivity contribution in [1.29, 1.82) is 0 Å². The number of hydrogen-bond acceptors (Lipinski definition) is 1. The van der Waals surface area contributed by atoms with Gasteiger partial charge in [0.2, 0.25) is 0 Å². The van der Waals surface area contributed by atoms with Crippen molar-refractivity contribution in [3.63, 3.8) is 0 Å². The molecule has 0 aromatic heterocycles. The third kappa shape index (κ3) is 0.502. The minimum Gasteiger partial charge on any atom is -0.299 e. The Morgan fingerprint density at radius 1 is 1.00 bits per heavy atom. The van der Waals surface area contributed by atoms with Gasteiger partial charge in [-0.15, -0.1) is 0 Å². The van der Waals surface area contributed by atoms with E-state index >= 15 is 0 Å². The first-order chi connectivity index (χ1) is 5.29. The van der Waals surface area contributed by atoms with E-state index in [9.17, 15) is 4.79 Å². The number of carbonyl (C=O) groups excluding carboxylic acids is 1. The molecule has 0 aromatic rings. The van der Waals surface area contributed by atoms with Crippen LogP contribution >= 0.6 is 0 Å². The third-order valence-corrected chi connectivity index (χ3v) is 4.44. The number of hydrogen-bond donors (Lipinski definition) is 0. The largest absolute Gasteiger partial charge is 0.299 e. The molecule has 0 saturated heterocycles. The average molecular weight is 150 g/mol. The van der Waals surface area contributed by atoms with Crippen LogP contribution in [0.1, 0.15) is 44.9 Å². The lowest BCUT2D eigenvalue weighted by Gasteiger charge is -2.42. The fourth-order valence-corrected chi connectivity index (χ4v) is 3.47. The highest BCUT2D eigenvalue weighted by molar-refractivity contribution is 5.92. The molecule has 1 unspecified atom stereocenters. The molecule has 3 saturated carbocycles. The summed E-state index contributed by atoms with van der Waals surface area (Å²) >= 11 is 0. The van der Waals surface area contributed by atoms with Gasteiger partial charge in [-0.2, -0.15) is 0 Å². The van der Waals surface area contributed by atoms with Crippen LogP contribution in [0.3, 0.4) is 0 Å². The van der Waals surface area contributed by atoms with Crippen LogP contribution in [0.15, 0.2) is 0 Å². The van der Waals surface area contributed by atoms with Crippen molar-refractivity contribution in [2.45, 2.75) is 44.9 Å². The monoisotopic (exact) mass is 150 g/mol. The molecule has 1 atom stereocenters. The van der Waals surface area contributed by atoms with Crippen molar-refractivity contribution in [3.05, 3.63) is 0 Å². The number of fused-ring (bicyclic) bond motifs is 1. The Hall–Kier alpha value is -0.330. The first kappa shape index (κ1) is 6.22. The minimum atomic E-state index is 0.243. The van der Waals surface area contributed by atoms with E-state index in [0.717, 1.165) is 6.42 Å². The van der Waals surface area contributed by atoms with Crippen molar-refractivity contribution in [1.82, 2.24) is 0 Å². The Morgan fingerprint density at radius 2 is 1.82 bits per heavy atom. The predicted molar refractivity (Wildman–Crippen MR) is 42.2 cm³/mol. The summed E-state index contributed by atoms with van der Waals surface area (Å²) in [4.78, 5) is 11.5. The van der Waals surface area contributed by atoms with Crippen LogP contribution in [0.4, 0.5) is 0 Å². The Labute approximate surface area is 67.2 Å². The fourth-order valence-electron chi connectivity index (χ4n) is 3.47. The molecule has 1 nitrogen and oxygen atoms in total. The van der Waals surface area contributed by atoms with E-state index in [1.54, 1.807) is 0 Å². The van der Waals surface area contributed by atoms with Gasteiger partial charge < -0.3 is 0 Å². The summed E-state index contributed by atoms with van der Waals surface area (Å²) < 4.78 is 0. The molecule has 0 radical (unpaired) electrons. The number of rotatable bonds is 0. The smallest absolute Gasteiger partial charge is 0.139 e. The van der Waals surface area contributed by atoms with E-state index in [4.69, 9.17) is 0 Å². The molecule has 0 heterocycles. The minimum absolute atomic E-state index is 0.243. The van der Waals surface area contributed by atoms with Crippen molar-refractivity contribution in [3.8, 4) is 0 Å². The molecule has 2 spiro atoms. The lowest BCUT2D eigenvalue weighted by atomic mass is 9.59. The molecule has 0 amide bonds. The molecular formula is C10H14O. The predicted octanol–water partition coefficient (Wildman–Crippen LogP) is 2.30. The van der Waals surface area contributed by atoms with Gasteiger partial charge in [-0.1, -0.05) is 6.42 Å². The second-order valence-electron chi connectivity index (χ2n) is 4.64. The zero-order chi connectivity index (χ0) is 7.53.